The van der Waals surface area contributed by atoms with Gasteiger partial charge in [-0.2, -0.15) is 0 Å². The van der Waals surface area contributed by atoms with Crippen molar-refractivity contribution >= 4 is 11.9 Å². The molecule has 0 radical (unpaired) electrons. The fourth-order valence-electron chi connectivity index (χ4n) is 2.53. The second kappa shape index (κ2) is 3.96. The predicted molar refractivity (Wildman–Crippen MR) is 59.3 cm³/mol. The third-order valence-electron chi connectivity index (χ3n) is 3.29. The normalized spacial score (nSPS) is 32.8. The Bertz CT molecular complexity index is 350. The number of fused-ring (bicyclic) bond motifs is 1. The Morgan fingerprint density at radius 3 is 2.59 bits per heavy atom. The van der Waals surface area contributed by atoms with Gasteiger partial charge in [-0.15, -0.1) is 0 Å². The molecule has 4 nitrogen and oxygen atoms in total. The van der Waals surface area contributed by atoms with Gasteiger partial charge in [0, 0.05) is 25.4 Å². The molecular weight excluding hydrogens is 225 g/mol. The molecule has 0 bridgehead atoms. The summed E-state index contributed by atoms with van der Waals surface area (Å²) in [5.41, 5.74) is -0.542. The van der Waals surface area contributed by atoms with Gasteiger partial charge in [0.15, 0.2) is 12.0 Å². The Balaban J connectivity index is 1.96. The van der Waals surface area contributed by atoms with Crippen LogP contribution in [-0.2, 0) is 9.53 Å². The molecular formula is C12H18FNO3. The number of carbonyl (C=O) groups is 2. The molecule has 1 amide bonds. The first-order chi connectivity index (χ1) is 7.78. The molecule has 0 spiro atoms. The van der Waals surface area contributed by atoms with E-state index < -0.39 is 17.9 Å². The van der Waals surface area contributed by atoms with E-state index in [0.29, 0.717) is 13.1 Å². The van der Waals surface area contributed by atoms with Gasteiger partial charge in [0.1, 0.15) is 5.60 Å². The van der Waals surface area contributed by atoms with E-state index in [4.69, 9.17) is 4.74 Å². The van der Waals surface area contributed by atoms with Crippen LogP contribution in [0.5, 0.6) is 0 Å². The number of alkyl halides is 1. The van der Waals surface area contributed by atoms with E-state index in [9.17, 15) is 14.0 Å². The Kier molecular flexibility index (Phi) is 2.87. The van der Waals surface area contributed by atoms with Crippen LogP contribution in [0.3, 0.4) is 0 Å². The minimum absolute atomic E-state index is 0.0231. The Hall–Kier alpha value is -1.13. The summed E-state index contributed by atoms with van der Waals surface area (Å²) < 4.78 is 18.7. The predicted octanol–water partition coefficient (Wildman–Crippen LogP) is 1.78. The van der Waals surface area contributed by atoms with Gasteiger partial charge in [-0.3, -0.25) is 4.79 Å². The second-order valence-corrected chi connectivity index (χ2v) is 5.88. The highest BCUT2D eigenvalue weighted by Crippen LogP contribution is 2.38. The molecule has 0 unspecified atom stereocenters. The number of ether oxygens (including phenoxy) is 1. The van der Waals surface area contributed by atoms with E-state index in [0.717, 1.165) is 0 Å². The molecule has 0 N–H and O–H groups in total. The zero-order valence-electron chi connectivity index (χ0n) is 10.4. The van der Waals surface area contributed by atoms with E-state index in [-0.39, 0.29) is 24.0 Å². The summed E-state index contributed by atoms with van der Waals surface area (Å²) in [6.45, 7) is 6.12. The molecule has 0 aromatic heterocycles. The number of hydrogen-bond donors (Lipinski definition) is 0. The van der Waals surface area contributed by atoms with E-state index >= 15 is 0 Å². The zero-order chi connectivity index (χ0) is 12.8. The van der Waals surface area contributed by atoms with Crippen LogP contribution >= 0.6 is 0 Å². The maximum atomic E-state index is 13.5. The largest absolute Gasteiger partial charge is 0.444 e. The molecule has 1 aliphatic carbocycles. The van der Waals surface area contributed by atoms with Crippen LogP contribution in [0.25, 0.3) is 0 Å². The van der Waals surface area contributed by atoms with Crippen molar-refractivity contribution in [3.63, 3.8) is 0 Å². The molecule has 1 aliphatic heterocycles. The zero-order valence-corrected chi connectivity index (χ0v) is 10.4. The van der Waals surface area contributed by atoms with Crippen LogP contribution < -0.4 is 0 Å². The Morgan fingerprint density at radius 1 is 1.41 bits per heavy atom. The molecule has 1 saturated carbocycles. The fourth-order valence-corrected chi connectivity index (χ4v) is 2.53. The van der Waals surface area contributed by atoms with E-state index in [1.807, 2.05) is 0 Å². The number of rotatable bonds is 0. The summed E-state index contributed by atoms with van der Waals surface area (Å²) in [6.07, 6.45) is -1.55. The highest BCUT2D eigenvalue weighted by molar-refractivity contribution is 5.86. The van der Waals surface area contributed by atoms with Crippen LogP contribution in [0.2, 0.25) is 0 Å². The quantitative estimate of drug-likeness (QED) is 0.651. The highest BCUT2D eigenvalue weighted by atomic mass is 19.1. The van der Waals surface area contributed by atoms with Crippen LogP contribution in [0.15, 0.2) is 0 Å². The summed E-state index contributed by atoms with van der Waals surface area (Å²) in [5.74, 6) is -0.663. The fraction of sp³-hybridized carbons (Fsp3) is 0.833. The summed E-state index contributed by atoms with van der Waals surface area (Å²) in [5, 5.41) is 0. The van der Waals surface area contributed by atoms with Gasteiger partial charge in [0.05, 0.1) is 0 Å². The molecule has 1 heterocycles. The first-order valence-electron chi connectivity index (χ1n) is 5.92. The SMILES string of the molecule is CC(C)(C)OC(=O)N1C[C@H]2CC(=O)[C@H](F)[C@H]2C1. The number of ketones is 1. The number of amides is 1. The van der Waals surface area contributed by atoms with E-state index in [1.165, 1.54) is 4.90 Å². The van der Waals surface area contributed by atoms with Crippen molar-refractivity contribution in [3.8, 4) is 0 Å². The van der Waals surface area contributed by atoms with Crippen molar-refractivity contribution in [3.05, 3.63) is 0 Å². The minimum atomic E-state index is -1.40. The monoisotopic (exact) mass is 243 g/mol. The maximum Gasteiger partial charge on any atom is 0.410 e. The lowest BCUT2D eigenvalue weighted by Crippen LogP contribution is -2.36. The lowest BCUT2D eigenvalue weighted by molar-refractivity contribution is -0.122. The van der Waals surface area contributed by atoms with Crippen LogP contribution in [0.4, 0.5) is 9.18 Å². The Morgan fingerprint density at radius 2 is 2.06 bits per heavy atom. The number of halogens is 1. The number of carbonyl (C=O) groups excluding carboxylic acids is 2. The third kappa shape index (κ3) is 2.42. The summed E-state index contributed by atoms with van der Waals surface area (Å²) in [7, 11) is 0. The molecule has 0 aromatic rings. The topological polar surface area (TPSA) is 46.6 Å². The molecule has 2 rings (SSSR count). The summed E-state index contributed by atoms with van der Waals surface area (Å²) >= 11 is 0. The molecule has 1 saturated heterocycles. The summed E-state index contributed by atoms with van der Waals surface area (Å²) in [6, 6.07) is 0. The van der Waals surface area contributed by atoms with E-state index in [1.54, 1.807) is 20.8 Å². The van der Waals surface area contributed by atoms with Gasteiger partial charge in [-0.05, 0) is 26.7 Å². The molecule has 5 heteroatoms. The lowest BCUT2D eigenvalue weighted by Gasteiger charge is -2.24. The Labute approximate surface area is 100 Å². The lowest BCUT2D eigenvalue weighted by atomic mass is 10.0. The van der Waals surface area contributed by atoms with E-state index in [2.05, 4.69) is 0 Å². The second-order valence-electron chi connectivity index (χ2n) is 5.88. The van der Waals surface area contributed by atoms with Crippen molar-refractivity contribution in [2.75, 3.05) is 13.1 Å². The number of Topliss-reactive ketones (excluding diaryl/α,β-unsaturated/α-hetero) is 1. The minimum Gasteiger partial charge on any atom is -0.444 e. The average Bonchev–Trinajstić information content (AvgIpc) is 2.66. The molecule has 2 aliphatic rings. The van der Waals surface area contributed by atoms with Crippen LogP contribution in [0.1, 0.15) is 27.2 Å². The smallest absolute Gasteiger partial charge is 0.410 e. The van der Waals surface area contributed by atoms with Gasteiger partial charge >= 0.3 is 6.09 Å². The van der Waals surface area contributed by atoms with Gasteiger partial charge in [0.2, 0.25) is 0 Å². The first kappa shape index (κ1) is 12.3. The highest BCUT2D eigenvalue weighted by Gasteiger charge is 2.49. The van der Waals surface area contributed by atoms with Crippen molar-refractivity contribution in [1.82, 2.24) is 4.90 Å². The van der Waals surface area contributed by atoms with Crippen molar-refractivity contribution in [2.45, 2.75) is 39.0 Å². The van der Waals surface area contributed by atoms with Crippen molar-refractivity contribution in [1.29, 1.82) is 0 Å². The molecule has 96 valence electrons. The number of nitrogens with zero attached hydrogens (tertiary/aromatic N) is 1. The number of likely N-dealkylation sites (tertiary alicyclic amines) is 1. The standard InChI is InChI=1S/C12H18FNO3/c1-12(2,3)17-11(16)14-5-7-4-9(15)10(13)8(7)6-14/h7-8,10H,4-6H2,1-3H3/t7-,8+,10-/m1/s1. The van der Waals surface area contributed by atoms with Crippen LogP contribution in [0, 0.1) is 11.8 Å². The molecule has 3 atom stereocenters. The average molecular weight is 243 g/mol. The van der Waals surface area contributed by atoms with Gasteiger partial charge in [-0.25, -0.2) is 9.18 Å². The van der Waals surface area contributed by atoms with Crippen molar-refractivity contribution < 1.29 is 18.7 Å². The van der Waals surface area contributed by atoms with Gasteiger partial charge in [0.25, 0.3) is 0 Å². The number of hydrogen-bond acceptors (Lipinski definition) is 3. The van der Waals surface area contributed by atoms with Crippen LogP contribution in [-0.4, -0.2) is 41.6 Å². The molecule has 17 heavy (non-hydrogen) atoms. The molecule has 0 aromatic carbocycles. The summed E-state index contributed by atoms with van der Waals surface area (Å²) in [4.78, 5) is 24.5. The maximum absolute atomic E-state index is 13.5. The van der Waals surface area contributed by atoms with Crippen molar-refractivity contribution in [2.24, 2.45) is 11.8 Å². The molecule has 2 fully saturated rings. The first-order valence-corrected chi connectivity index (χ1v) is 5.92. The van der Waals surface area contributed by atoms with Gasteiger partial charge in [-0.1, -0.05) is 0 Å². The van der Waals surface area contributed by atoms with Gasteiger partial charge < -0.3 is 9.64 Å². The third-order valence-corrected chi connectivity index (χ3v) is 3.29.